The van der Waals surface area contributed by atoms with Gasteiger partial charge in [0.05, 0.1) is 11.9 Å². The summed E-state index contributed by atoms with van der Waals surface area (Å²) < 4.78 is 18.1. The first-order chi connectivity index (χ1) is 8.31. The second-order valence-corrected chi connectivity index (χ2v) is 4.23. The van der Waals surface area contributed by atoms with E-state index in [1.165, 1.54) is 18.9 Å². The minimum absolute atomic E-state index is 0.378. The van der Waals surface area contributed by atoms with Gasteiger partial charge in [-0.2, -0.15) is 0 Å². The fourth-order valence-electron chi connectivity index (χ4n) is 1.61. The van der Waals surface area contributed by atoms with E-state index < -0.39 is 0 Å². The van der Waals surface area contributed by atoms with Crippen LogP contribution in [0.2, 0.25) is 0 Å². The fourth-order valence-corrected chi connectivity index (χ4v) is 1.61. The van der Waals surface area contributed by atoms with Crippen molar-refractivity contribution in [1.29, 1.82) is 0 Å². The fraction of sp³-hybridized carbons (Fsp3) is 0.333. The third-order valence-electron chi connectivity index (χ3n) is 2.70. The molecule has 0 saturated heterocycles. The third-order valence-corrected chi connectivity index (χ3v) is 2.70. The molecule has 2 heterocycles. The topological polar surface area (TPSA) is 51.0 Å². The SMILES string of the molecule is Fc1cncc(-c2cc(CNC3CC3)no2)c1. The van der Waals surface area contributed by atoms with Crippen molar-refractivity contribution in [2.45, 2.75) is 25.4 Å². The van der Waals surface area contributed by atoms with Crippen molar-refractivity contribution in [1.82, 2.24) is 15.5 Å². The van der Waals surface area contributed by atoms with Gasteiger partial charge in [-0.25, -0.2) is 4.39 Å². The lowest BCUT2D eigenvalue weighted by atomic mass is 10.2. The summed E-state index contributed by atoms with van der Waals surface area (Å²) >= 11 is 0. The van der Waals surface area contributed by atoms with Crippen molar-refractivity contribution in [2.75, 3.05) is 0 Å². The van der Waals surface area contributed by atoms with E-state index >= 15 is 0 Å². The zero-order chi connectivity index (χ0) is 11.7. The minimum Gasteiger partial charge on any atom is -0.356 e. The zero-order valence-electron chi connectivity index (χ0n) is 9.19. The molecule has 4 nitrogen and oxygen atoms in total. The van der Waals surface area contributed by atoms with Gasteiger partial charge in [0.2, 0.25) is 0 Å². The molecule has 0 aromatic carbocycles. The Morgan fingerprint density at radius 2 is 2.24 bits per heavy atom. The molecular formula is C12H12FN3O. The number of halogens is 1. The molecule has 17 heavy (non-hydrogen) atoms. The molecule has 1 fully saturated rings. The van der Waals surface area contributed by atoms with Crippen LogP contribution >= 0.6 is 0 Å². The highest BCUT2D eigenvalue weighted by Crippen LogP contribution is 2.22. The molecule has 2 aromatic heterocycles. The van der Waals surface area contributed by atoms with E-state index in [9.17, 15) is 4.39 Å². The maximum atomic E-state index is 13.0. The number of rotatable bonds is 4. The second kappa shape index (κ2) is 4.25. The lowest BCUT2D eigenvalue weighted by molar-refractivity contribution is 0.419. The Hall–Kier alpha value is -1.75. The molecule has 0 bridgehead atoms. The number of nitrogens with one attached hydrogen (secondary N) is 1. The molecular weight excluding hydrogens is 221 g/mol. The van der Waals surface area contributed by atoms with Crippen LogP contribution in [-0.2, 0) is 6.54 Å². The zero-order valence-corrected chi connectivity index (χ0v) is 9.19. The van der Waals surface area contributed by atoms with Crippen molar-refractivity contribution < 1.29 is 8.91 Å². The van der Waals surface area contributed by atoms with Gasteiger partial charge in [-0.1, -0.05) is 5.16 Å². The Bertz CT molecular complexity index is 522. The van der Waals surface area contributed by atoms with Crippen LogP contribution in [-0.4, -0.2) is 16.2 Å². The average Bonchev–Trinajstić information content (AvgIpc) is 3.04. The number of hydrogen-bond acceptors (Lipinski definition) is 4. The predicted octanol–water partition coefficient (Wildman–Crippen LogP) is 2.13. The Morgan fingerprint density at radius 1 is 1.35 bits per heavy atom. The maximum Gasteiger partial charge on any atom is 0.168 e. The van der Waals surface area contributed by atoms with Crippen molar-refractivity contribution in [3.8, 4) is 11.3 Å². The Morgan fingerprint density at radius 3 is 3.00 bits per heavy atom. The van der Waals surface area contributed by atoms with Crippen molar-refractivity contribution in [2.24, 2.45) is 0 Å². The summed E-state index contributed by atoms with van der Waals surface area (Å²) in [5.41, 5.74) is 1.44. The number of pyridine rings is 1. The number of hydrogen-bond donors (Lipinski definition) is 1. The number of nitrogens with zero attached hydrogens (tertiary/aromatic N) is 2. The van der Waals surface area contributed by atoms with E-state index in [1.807, 2.05) is 6.07 Å². The molecule has 5 heteroatoms. The highest BCUT2D eigenvalue weighted by atomic mass is 19.1. The number of aromatic nitrogens is 2. The largest absolute Gasteiger partial charge is 0.356 e. The highest BCUT2D eigenvalue weighted by Gasteiger charge is 2.20. The molecule has 88 valence electrons. The van der Waals surface area contributed by atoms with Crippen molar-refractivity contribution >= 4 is 0 Å². The summed E-state index contributed by atoms with van der Waals surface area (Å²) in [6, 6.07) is 3.82. The summed E-state index contributed by atoms with van der Waals surface area (Å²) in [5.74, 6) is 0.168. The van der Waals surface area contributed by atoms with Gasteiger partial charge >= 0.3 is 0 Å². The first-order valence-corrected chi connectivity index (χ1v) is 5.61. The molecule has 3 rings (SSSR count). The van der Waals surface area contributed by atoms with Crippen LogP contribution in [0.1, 0.15) is 18.5 Å². The molecule has 1 aliphatic rings. The van der Waals surface area contributed by atoms with Crippen molar-refractivity contribution in [3.05, 3.63) is 36.0 Å². The summed E-state index contributed by atoms with van der Waals surface area (Å²) in [7, 11) is 0. The van der Waals surface area contributed by atoms with Crippen LogP contribution in [0.15, 0.2) is 29.0 Å². The first-order valence-electron chi connectivity index (χ1n) is 5.61. The van der Waals surface area contributed by atoms with E-state index in [0.717, 1.165) is 11.9 Å². The normalized spacial score (nSPS) is 15.1. The summed E-state index contributed by atoms with van der Waals surface area (Å²) in [6.45, 7) is 0.691. The molecule has 2 aromatic rings. The van der Waals surface area contributed by atoms with E-state index in [0.29, 0.717) is 23.9 Å². The summed E-state index contributed by atoms with van der Waals surface area (Å²) in [4.78, 5) is 3.78. The van der Waals surface area contributed by atoms with Crippen LogP contribution in [0, 0.1) is 5.82 Å². The monoisotopic (exact) mass is 233 g/mol. The molecule has 1 aliphatic carbocycles. The smallest absolute Gasteiger partial charge is 0.168 e. The van der Waals surface area contributed by atoms with Crippen LogP contribution < -0.4 is 5.32 Å². The van der Waals surface area contributed by atoms with E-state index in [4.69, 9.17) is 4.52 Å². The Kier molecular flexibility index (Phi) is 2.60. The van der Waals surface area contributed by atoms with Gasteiger partial charge < -0.3 is 9.84 Å². The minimum atomic E-state index is -0.378. The van der Waals surface area contributed by atoms with E-state index in [-0.39, 0.29) is 5.82 Å². The van der Waals surface area contributed by atoms with Gasteiger partial charge in [0.1, 0.15) is 5.82 Å². The standard InChI is InChI=1S/C12H12FN3O/c13-9-3-8(5-14-6-9)12-4-11(16-17-12)7-15-10-1-2-10/h3-6,10,15H,1-2,7H2. The lowest BCUT2D eigenvalue weighted by Crippen LogP contribution is -2.15. The molecule has 1 N–H and O–H groups in total. The van der Waals surface area contributed by atoms with Gasteiger partial charge in [0, 0.05) is 30.4 Å². The van der Waals surface area contributed by atoms with E-state index in [2.05, 4.69) is 15.5 Å². The molecule has 0 atom stereocenters. The van der Waals surface area contributed by atoms with Gasteiger partial charge in [-0.05, 0) is 18.9 Å². The van der Waals surface area contributed by atoms with E-state index in [1.54, 1.807) is 6.20 Å². The summed E-state index contributed by atoms with van der Waals surface area (Å²) in [5, 5.41) is 7.27. The molecule has 0 spiro atoms. The highest BCUT2D eigenvalue weighted by molar-refractivity contribution is 5.55. The second-order valence-electron chi connectivity index (χ2n) is 4.23. The van der Waals surface area contributed by atoms with Crippen LogP contribution in [0.25, 0.3) is 11.3 Å². The van der Waals surface area contributed by atoms with Crippen LogP contribution in [0.4, 0.5) is 4.39 Å². The van der Waals surface area contributed by atoms with Gasteiger partial charge in [-0.3, -0.25) is 4.98 Å². The molecule has 0 aliphatic heterocycles. The van der Waals surface area contributed by atoms with Crippen LogP contribution in [0.3, 0.4) is 0 Å². The van der Waals surface area contributed by atoms with Gasteiger partial charge in [-0.15, -0.1) is 0 Å². The quantitative estimate of drug-likeness (QED) is 0.878. The first kappa shape index (κ1) is 10.4. The Balaban J connectivity index is 1.74. The average molecular weight is 233 g/mol. The third kappa shape index (κ3) is 2.50. The molecule has 0 radical (unpaired) electrons. The van der Waals surface area contributed by atoms with Gasteiger partial charge in [0.25, 0.3) is 0 Å². The van der Waals surface area contributed by atoms with Crippen molar-refractivity contribution in [3.63, 3.8) is 0 Å². The summed E-state index contributed by atoms with van der Waals surface area (Å²) in [6.07, 6.45) is 5.19. The predicted molar refractivity (Wildman–Crippen MR) is 59.6 cm³/mol. The molecule has 0 unspecified atom stereocenters. The lowest BCUT2D eigenvalue weighted by Gasteiger charge is -1.95. The Labute approximate surface area is 97.8 Å². The maximum absolute atomic E-state index is 13.0. The van der Waals surface area contributed by atoms with Crippen LogP contribution in [0.5, 0.6) is 0 Å². The molecule has 1 saturated carbocycles. The molecule has 0 amide bonds. The van der Waals surface area contributed by atoms with Gasteiger partial charge in [0.15, 0.2) is 5.76 Å².